The van der Waals surface area contributed by atoms with Crippen LogP contribution in [0.5, 0.6) is 0 Å². The Morgan fingerprint density at radius 3 is 2.48 bits per heavy atom. The smallest absolute Gasteiger partial charge is 0.236 e. The van der Waals surface area contributed by atoms with Gasteiger partial charge in [-0.15, -0.1) is 0 Å². The lowest BCUT2D eigenvalue weighted by atomic mass is 10.2. The van der Waals surface area contributed by atoms with E-state index < -0.39 is 9.84 Å². The highest BCUT2D eigenvalue weighted by Gasteiger charge is 2.32. The molecule has 0 aliphatic carbocycles. The zero-order valence-corrected chi connectivity index (χ0v) is 15.0. The monoisotopic (exact) mass is 347 g/mol. The van der Waals surface area contributed by atoms with Gasteiger partial charge in [-0.3, -0.25) is 14.6 Å². The summed E-state index contributed by atoms with van der Waals surface area (Å²) in [5.74, 6) is 0.459. The van der Waals surface area contributed by atoms with Gasteiger partial charge in [0.2, 0.25) is 5.91 Å². The van der Waals surface area contributed by atoms with Crippen molar-refractivity contribution in [3.63, 3.8) is 0 Å². The molecule has 8 heteroatoms. The van der Waals surface area contributed by atoms with Crippen LogP contribution in [-0.4, -0.2) is 104 Å². The van der Waals surface area contributed by atoms with E-state index in [0.717, 1.165) is 19.5 Å². The lowest BCUT2D eigenvalue weighted by Crippen LogP contribution is -2.52. The Kier molecular flexibility index (Phi) is 6.41. The molecule has 0 spiro atoms. The van der Waals surface area contributed by atoms with E-state index in [-0.39, 0.29) is 36.1 Å². The number of carbonyl (C=O) groups is 1. The van der Waals surface area contributed by atoms with Crippen LogP contribution in [0.15, 0.2) is 0 Å². The summed E-state index contributed by atoms with van der Waals surface area (Å²) < 4.78 is 23.1. The van der Waals surface area contributed by atoms with Crippen molar-refractivity contribution in [1.29, 1.82) is 0 Å². The first kappa shape index (κ1) is 18.6. The van der Waals surface area contributed by atoms with E-state index in [9.17, 15) is 18.3 Å². The van der Waals surface area contributed by atoms with Gasteiger partial charge in [0.1, 0.15) is 0 Å². The van der Waals surface area contributed by atoms with Gasteiger partial charge in [-0.05, 0) is 19.9 Å². The highest BCUT2D eigenvalue weighted by Crippen LogP contribution is 2.16. The summed E-state index contributed by atoms with van der Waals surface area (Å²) in [6.45, 7) is 5.81. The normalized spacial score (nSPS) is 26.6. The minimum atomic E-state index is -2.92. The van der Waals surface area contributed by atoms with E-state index in [1.165, 1.54) is 0 Å². The number of hydrogen-bond donors (Lipinski definition) is 1. The van der Waals surface area contributed by atoms with Gasteiger partial charge in [-0.2, -0.15) is 0 Å². The molecule has 23 heavy (non-hydrogen) atoms. The van der Waals surface area contributed by atoms with Gasteiger partial charge >= 0.3 is 0 Å². The van der Waals surface area contributed by atoms with Crippen LogP contribution in [0, 0.1) is 0 Å². The third-order valence-corrected chi connectivity index (χ3v) is 6.63. The Morgan fingerprint density at radius 2 is 1.96 bits per heavy atom. The summed E-state index contributed by atoms with van der Waals surface area (Å²) in [7, 11) is -1.09. The molecule has 2 aliphatic heterocycles. The van der Waals surface area contributed by atoms with E-state index >= 15 is 0 Å². The molecule has 2 atom stereocenters. The van der Waals surface area contributed by atoms with Crippen LogP contribution in [0.3, 0.4) is 0 Å². The minimum Gasteiger partial charge on any atom is -0.392 e. The molecule has 0 unspecified atom stereocenters. The molecule has 134 valence electrons. The Balaban J connectivity index is 1.75. The van der Waals surface area contributed by atoms with E-state index in [1.807, 2.05) is 23.8 Å². The number of β-amino-alcohol motifs (C(OH)–C–C–N with tert-alkyl or cyclic N) is 1. The molecule has 2 aliphatic rings. The number of sulfone groups is 1. The Bertz CT molecular complexity index is 503. The van der Waals surface area contributed by atoms with Crippen molar-refractivity contribution in [3.05, 3.63) is 0 Å². The summed E-state index contributed by atoms with van der Waals surface area (Å²) in [6.07, 6.45) is 1.07. The number of piperazine rings is 1. The third-order valence-electron chi connectivity index (χ3n) is 4.88. The fraction of sp³-hybridized carbons (Fsp3) is 0.933. The van der Waals surface area contributed by atoms with Crippen molar-refractivity contribution < 1.29 is 18.3 Å². The fourth-order valence-electron chi connectivity index (χ4n) is 3.17. The van der Waals surface area contributed by atoms with Crippen LogP contribution in [-0.2, 0) is 14.6 Å². The molecular formula is C15H29N3O4S. The van der Waals surface area contributed by atoms with Crippen molar-refractivity contribution >= 4 is 15.7 Å². The van der Waals surface area contributed by atoms with Crippen LogP contribution in [0.25, 0.3) is 0 Å². The van der Waals surface area contributed by atoms with Gasteiger partial charge in [-0.25, -0.2) is 8.42 Å². The second kappa shape index (κ2) is 7.92. The Morgan fingerprint density at radius 1 is 1.30 bits per heavy atom. The van der Waals surface area contributed by atoms with Crippen LogP contribution >= 0.6 is 0 Å². The lowest BCUT2D eigenvalue weighted by molar-refractivity contribution is -0.134. The molecule has 2 saturated heterocycles. The molecular weight excluding hydrogens is 318 g/mol. The van der Waals surface area contributed by atoms with Crippen LogP contribution < -0.4 is 0 Å². The summed E-state index contributed by atoms with van der Waals surface area (Å²) in [4.78, 5) is 18.3. The summed E-state index contributed by atoms with van der Waals surface area (Å²) in [5.41, 5.74) is 0. The molecule has 2 fully saturated rings. The molecule has 0 bridgehead atoms. The average Bonchev–Trinajstić information content (AvgIpc) is 2.88. The van der Waals surface area contributed by atoms with Gasteiger partial charge in [0.05, 0.1) is 24.2 Å². The zero-order valence-electron chi connectivity index (χ0n) is 14.1. The van der Waals surface area contributed by atoms with Gasteiger partial charge in [-0.1, -0.05) is 6.92 Å². The quantitative estimate of drug-likeness (QED) is 0.665. The van der Waals surface area contributed by atoms with Gasteiger partial charge in [0, 0.05) is 38.8 Å². The van der Waals surface area contributed by atoms with Crippen LogP contribution in [0.4, 0.5) is 0 Å². The third kappa shape index (κ3) is 5.41. The zero-order chi connectivity index (χ0) is 17.0. The molecule has 0 aromatic rings. The van der Waals surface area contributed by atoms with E-state index in [0.29, 0.717) is 26.1 Å². The maximum Gasteiger partial charge on any atom is 0.236 e. The molecule has 0 aromatic carbocycles. The second-order valence-electron chi connectivity index (χ2n) is 6.72. The summed E-state index contributed by atoms with van der Waals surface area (Å²) in [5, 5.41) is 9.69. The molecule has 0 radical (unpaired) electrons. The number of aliphatic hydroxyl groups is 1. The molecule has 0 aromatic heterocycles. The Hall–Kier alpha value is -0.700. The van der Waals surface area contributed by atoms with Crippen molar-refractivity contribution in [2.45, 2.75) is 31.9 Å². The number of amides is 1. The summed E-state index contributed by atoms with van der Waals surface area (Å²) >= 11 is 0. The number of hydrogen-bond acceptors (Lipinski definition) is 6. The molecule has 2 heterocycles. The standard InChI is InChI=1S/C15H29N3O4S/c1-3-14(19)10-17-5-7-18(8-6-17)15(20)11-16(2)13-4-9-23(21,22)12-13/h13-14,19H,3-12H2,1-2H3/t13-,14-/m0/s1. The average molecular weight is 347 g/mol. The number of nitrogens with zero attached hydrogens (tertiary/aromatic N) is 3. The second-order valence-corrected chi connectivity index (χ2v) is 8.94. The number of likely N-dealkylation sites (N-methyl/N-ethyl adjacent to an activating group) is 1. The van der Waals surface area contributed by atoms with Gasteiger partial charge in [0.25, 0.3) is 0 Å². The maximum atomic E-state index is 12.4. The number of rotatable bonds is 6. The van der Waals surface area contributed by atoms with Crippen molar-refractivity contribution in [3.8, 4) is 0 Å². The predicted octanol–water partition coefficient (Wildman–Crippen LogP) is -0.980. The SMILES string of the molecule is CC[C@H](O)CN1CCN(C(=O)CN(C)[C@H]2CCS(=O)(=O)C2)CC1. The van der Waals surface area contributed by atoms with E-state index in [2.05, 4.69) is 4.90 Å². The first-order valence-corrected chi connectivity index (χ1v) is 10.2. The first-order chi connectivity index (χ1) is 10.8. The van der Waals surface area contributed by atoms with E-state index in [1.54, 1.807) is 0 Å². The molecule has 7 nitrogen and oxygen atoms in total. The maximum absolute atomic E-state index is 12.4. The first-order valence-electron chi connectivity index (χ1n) is 8.39. The molecule has 1 amide bonds. The van der Waals surface area contributed by atoms with Crippen LogP contribution in [0.1, 0.15) is 19.8 Å². The lowest BCUT2D eigenvalue weighted by Gasteiger charge is -2.36. The largest absolute Gasteiger partial charge is 0.392 e. The molecule has 0 saturated carbocycles. The van der Waals surface area contributed by atoms with Crippen molar-refractivity contribution in [2.75, 3.05) is 57.8 Å². The highest BCUT2D eigenvalue weighted by molar-refractivity contribution is 7.91. The van der Waals surface area contributed by atoms with Gasteiger partial charge < -0.3 is 10.0 Å². The van der Waals surface area contributed by atoms with E-state index in [4.69, 9.17) is 0 Å². The van der Waals surface area contributed by atoms with Crippen molar-refractivity contribution in [2.24, 2.45) is 0 Å². The number of aliphatic hydroxyl groups excluding tert-OH is 1. The molecule has 2 rings (SSSR count). The Labute approximate surface area is 139 Å². The fourth-order valence-corrected chi connectivity index (χ4v) is 4.98. The number of carbonyl (C=O) groups excluding carboxylic acids is 1. The summed E-state index contributed by atoms with van der Waals surface area (Å²) in [6, 6.07) is -0.0371. The molecule has 1 N–H and O–H groups in total. The van der Waals surface area contributed by atoms with Gasteiger partial charge in [0.15, 0.2) is 9.84 Å². The van der Waals surface area contributed by atoms with Crippen molar-refractivity contribution in [1.82, 2.24) is 14.7 Å². The topological polar surface area (TPSA) is 81.2 Å². The van der Waals surface area contributed by atoms with Crippen LogP contribution in [0.2, 0.25) is 0 Å². The minimum absolute atomic E-state index is 0.0371. The highest BCUT2D eigenvalue weighted by atomic mass is 32.2. The predicted molar refractivity (Wildman–Crippen MR) is 89.0 cm³/mol.